The maximum atomic E-state index is 13.6. The molecule has 1 aliphatic carbocycles. The molecule has 1 saturated carbocycles. The van der Waals surface area contributed by atoms with E-state index in [1.165, 1.54) is 26.8 Å². The van der Waals surface area contributed by atoms with Crippen LogP contribution < -0.4 is 10.1 Å². The molecular formula is C30H30N2O2S. The number of benzene rings is 3. The van der Waals surface area contributed by atoms with Gasteiger partial charge in [0.05, 0.1) is 5.54 Å². The molecule has 2 fully saturated rings. The zero-order valence-electron chi connectivity index (χ0n) is 20.2. The number of fused-ring (bicyclic) bond motifs is 1. The number of amides is 1. The van der Waals surface area contributed by atoms with Crippen LogP contribution in [0, 0.1) is 6.92 Å². The van der Waals surface area contributed by atoms with Crippen LogP contribution in [-0.4, -0.2) is 37.0 Å². The number of ether oxygens (including phenoxy) is 1. The Kier molecular flexibility index (Phi) is 5.62. The summed E-state index contributed by atoms with van der Waals surface area (Å²) < 4.78 is 6.05. The number of likely N-dealkylation sites (tertiary alicyclic amines) is 1. The van der Waals surface area contributed by atoms with E-state index in [0.717, 1.165) is 37.1 Å². The highest BCUT2D eigenvalue weighted by atomic mass is 32.1. The molecule has 1 unspecified atom stereocenters. The van der Waals surface area contributed by atoms with Crippen molar-refractivity contribution in [1.29, 1.82) is 0 Å². The number of nitrogens with one attached hydrogen (secondary N) is 1. The van der Waals surface area contributed by atoms with E-state index in [4.69, 9.17) is 4.74 Å². The smallest absolute Gasteiger partial charge is 0.252 e. The Morgan fingerprint density at radius 3 is 2.69 bits per heavy atom. The molecule has 1 aromatic heterocycles. The minimum Gasteiger partial charge on any atom is -0.492 e. The summed E-state index contributed by atoms with van der Waals surface area (Å²) in [4.78, 5) is 17.1. The van der Waals surface area contributed by atoms with Gasteiger partial charge >= 0.3 is 0 Å². The van der Waals surface area contributed by atoms with Crippen molar-refractivity contribution in [3.05, 3.63) is 88.8 Å². The van der Waals surface area contributed by atoms with Crippen LogP contribution in [0.2, 0.25) is 0 Å². The Morgan fingerprint density at radius 2 is 1.97 bits per heavy atom. The Hall–Kier alpha value is -3.15. The zero-order valence-corrected chi connectivity index (χ0v) is 21.0. The van der Waals surface area contributed by atoms with Crippen LogP contribution in [0.15, 0.2) is 72.1 Å². The fraction of sp³-hybridized carbons (Fsp3) is 0.300. The molecule has 1 saturated heterocycles. The third kappa shape index (κ3) is 4.24. The standard InChI is InChI=1S/C30H30N2O2S/c1-20-9-10-24(34-19-23-11-14-32(23)2)18-26(20)29(33)31-30(12-13-30)27-17-22(28-8-5-15-35-28)16-21-6-3-4-7-25(21)27/h3-10,15-18,23H,11-14,19H2,1-2H3,(H,31,33). The highest BCUT2D eigenvalue weighted by Gasteiger charge is 2.47. The molecule has 2 aliphatic rings. The van der Waals surface area contributed by atoms with E-state index in [0.29, 0.717) is 18.2 Å². The predicted molar refractivity (Wildman–Crippen MR) is 143 cm³/mol. The monoisotopic (exact) mass is 482 g/mol. The summed E-state index contributed by atoms with van der Waals surface area (Å²) in [6, 6.07) is 23.6. The maximum Gasteiger partial charge on any atom is 0.252 e. The van der Waals surface area contributed by atoms with E-state index in [9.17, 15) is 4.79 Å². The number of aryl methyl sites for hydroxylation is 1. The van der Waals surface area contributed by atoms with E-state index in [-0.39, 0.29) is 11.4 Å². The van der Waals surface area contributed by atoms with E-state index in [2.05, 4.69) is 71.2 Å². The summed E-state index contributed by atoms with van der Waals surface area (Å²) in [6.45, 7) is 3.77. The van der Waals surface area contributed by atoms with Gasteiger partial charge in [-0.2, -0.15) is 0 Å². The molecule has 178 valence electrons. The first-order valence-corrected chi connectivity index (χ1v) is 13.2. The lowest BCUT2D eigenvalue weighted by molar-refractivity contribution is 0.0767. The Bertz CT molecular complexity index is 1390. The molecule has 0 radical (unpaired) electrons. The van der Waals surface area contributed by atoms with Crippen LogP contribution in [0.25, 0.3) is 21.2 Å². The molecule has 1 amide bonds. The van der Waals surface area contributed by atoms with Gasteiger partial charge in [-0.25, -0.2) is 0 Å². The number of hydrogen-bond acceptors (Lipinski definition) is 4. The molecule has 2 heterocycles. The molecule has 1 aliphatic heterocycles. The average molecular weight is 483 g/mol. The fourth-order valence-electron chi connectivity index (χ4n) is 5.07. The number of carbonyl (C=O) groups excluding carboxylic acids is 1. The van der Waals surface area contributed by atoms with E-state index >= 15 is 0 Å². The lowest BCUT2D eigenvalue weighted by Gasteiger charge is -2.37. The van der Waals surface area contributed by atoms with Gasteiger partial charge in [-0.05, 0) is 103 Å². The number of carbonyl (C=O) groups is 1. The first kappa shape index (κ1) is 22.3. The van der Waals surface area contributed by atoms with Crippen molar-refractivity contribution in [3.8, 4) is 16.2 Å². The topological polar surface area (TPSA) is 41.6 Å². The number of hydrogen-bond donors (Lipinski definition) is 1. The maximum absolute atomic E-state index is 13.6. The van der Waals surface area contributed by atoms with Crippen molar-refractivity contribution in [2.75, 3.05) is 20.2 Å². The molecule has 35 heavy (non-hydrogen) atoms. The van der Waals surface area contributed by atoms with Crippen LogP contribution in [0.1, 0.15) is 40.7 Å². The van der Waals surface area contributed by atoms with Crippen molar-refractivity contribution in [1.82, 2.24) is 10.2 Å². The Labute approximate surface area is 210 Å². The molecule has 4 nitrogen and oxygen atoms in total. The second kappa shape index (κ2) is 8.81. The van der Waals surface area contributed by atoms with E-state index in [1.54, 1.807) is 11.3 Å². The Balaban J connectivity index is 1.29. The second-order valence-corrected chi connectivity index (χ2v) is 10.9. The molecular weight excluding hydrogens is 452 g/mol. The number of rotatable bonds is 7. The molecule has 6 rings (SSSR count). The summed E-state index contributed by atoms with van der Waals surface area (Å²) >= 11 is 1.75. The number of nitrogens with zero attached hydrogens (tertiary/aromatic N) is 1. The quantitative estimate of drug-likeness (QED) is 0.332. The molecule has 0 bridgehead atoms. The second-order valence-electron chi connectivity index (χ2n) is 9.97. The molecule has 3 aromatic carbocycles. The number of likely N-dealkylation sites (N-methyl/N-ethyl adjacent to an activating group) is 1. The van der Waals surface area contributed by atoms with Gasteiger partial charge in [0.2, 0.25) is 0 Å². The van der Waals surface area contributed by atoms with Crippen LogP contribution in [0.5, 0.6) is 5.75 Å². The van der Waals surface area contributed by atoms with Gasteiger partial charge in [0.1, 0.15) is 12.4 Å². The first-order chi connectivity index (χ1) is 17.0. The highest BCUT2D eigenvalue weighted by Crippen LogP contribution is 2.49. The van der Waals surface area contributed by atoms with Gasteiger partial charge in [-0.1, -0.05) is 36.4 Å². The van der Waals surface area contributed by atoms with Gasteiger partial charge in [0, 0.05) is 16.5 Å². The molecule has 1 N–H and O–H groups in total. The molecule has 0 spiro atoms. The van der Waals surface area contributed by atoms with Crippen molar-refractivity contribution < 1.29 is 9.53 Å². The third-order valence-corrected chi connectivity index (χ3v) is 8.54. The van der Waals surface area contributed by atoms with Crippen molar-refractivity contribution >= 4 is 28.0 Å². The lowest BCUT2D eigenvalue weighted by atomic mass is 9.93. The minimum atomic E-state index is -0.331. The fourth-order valence-corrected chi connectivity index (χ4v) is 5.79. The molecule has 4 aromatic rings. The molecule has 5 heteroatoms. The van der Waals surface area contributed by atoms with Gasteiger partial charge < -0.3 is 10.1 Å². The van der Waals surface area contributed by atoms with Gasteiger partial charge in [0.15, 0.2) is 0 Å². The zero-order chi connectivity index (χ0) is 24.0. The van der Waals surface area contributed by atoms with Gasteiger partial charge in [0.25, 0.3) is 5.91 Å². The van der Waals surface area contributed by atoms with Crippen LogP contribution in [0.3, 0.4) is 0 Å². The van der Waals surface area contributed by atoms with Crippen LogP contribution in [0.4, 0.5) is 0 Å². The summed E-state index contributed by atoms with van der Waals surface area (Å²) in [5.41, 5.74) is 3.74. The third-order valence-electron chi connectivity index (χ3n) is 7.62. The van der Waals surface area contributed by atoms with Crippen LogP contribution >= 0.6 is 11.3 Å². The largest absolute Gasteiger partial charge is 0.492 e. The lowest BCUT2D eigenvalue weighted by Crippen LogP contribution is -2.48. The van der Waals surface area contributed by atoms with Crippen molar-refractivity contribution in [3.63, 3.8) is 0 Å². The van der Waals surface area contributed by atoms with E-state index < -0.39 is 0 Å². The Morgan fingerprint density at radius 1 is 1.11 bits per heavy atom. The summed E-state index contributed by atoms with van der Waals surface area (Å²) in [5, 5.41) is 7.96. The summed E-state index contributed by atoms with van der Waals surface area (Å²) in [6.07, 6.45) is 3.05. The van der Waals surface area contributed by atoms with Crippen molar-refractivity contribution in [2.24, 2.45) is 0 Å². The first-order valence-electron chi connectivity index (χ1n) is 12.4. The van der Waals surface area contributed by atoms with Gasteiger partial charge in [-0.15, -0.1) is 11.3 Å². The normalized spacial score (nSPS) is 18.7. The highest BCUT2D eigenvalue weighted by molar-refractivity contribution is 7.13. The molecule has 1 atom stereocenters. The van der Waals surface area contributed by atoms with Crippen molar-refractivity contribution in [2.45, 2.75) is 37.8 Å². The predicted octanol–water partition coefficient (Wildman–Crippen LogP) is 6.38. The van der Waals surface area contributed by atoms with Gasteiger partial charge in [-0.3, -0.25) is 9.69 Å². The average Bonchev–Trinajstić information content (AvgIpc) is 3.42. The van der Waals surface area contributed by atoms with E-state index in [1.807, 2.05) is 25.1 Å². The SMILES string of the molecule is Cc1ccc(OCC2CCN2C)cc1C(=O)NC1(c2cc(-c3cccs3)cc3ccccc23)CC1. The minimum absolute atomic E-state index is 0.0307. The number of thiophene rings is 1. The van der Waals surface area contributed by atoms with Crippen LogP contribution in [-0.2, 0) is 5.54 Å². The summed E-state index contributed by atoms with van der Waals surface area (Å²) in [7, 11) is 2.12. The summed E-state index contributed by atoms with van der Waals surface area (Å²) in [5.74, 6) is 0.729.